The predicted octanol–water partition coefficient (Wildman–Crippen LogP) is -0.170. The van der Waals surface area contributed by atoms with Crippen molar-refractivity contribution in [3.05, 3.63) is 12.2 Å². The molecule has 0 saturated carbocycles. The van der Waals surface area contributed by atoms with E-state index < -0.39 is 11.8 Å². The minimum Gasteiger partial charge on any atom is -0.352 e. The molecule has 28 heavy (non-hydrogen) atoms. The van der Waals surface area contributed by atoms with Crippen LogP contribution in [0.4, 0.5) is 0 Å². The Morgan fingerprint density at radius 2 is 1.57 bits per heavy atom. The van der Waals surface area contributed by atoms with Gasteiger partial charge in [-0.1, -0.05) is 0 Å². The van der Waals surface area contributed by atoms with Gasteiger partial charge in [0.1, 0.15) is 0 Å². The van der Waals surface area contributed by atoms with Crippen LogP contribution in [0.5, 0.6) is 0 Å². The molecule has 1 aliphatic heterocycles. The van der Waals surface area contributed by atoms with Crippen molar-refractivity contribution < 1.29 is 24.0 Å². The minimum atomic E-state index is -0.408. The highest BCUT2D eigenvalue weighted by atomic mass is 32.2. The number of hydrogen-bond donors (Lipinski definition) is 3. The van der Waals surface area contributed by atoms with Crippen molar-refractivity contribution in [2.45, 2.75) is 32.7 Å². The number of imide groups is 1. The fraction of sp³-hybridized carbons (Fsp3) is 0.588. The number of rotatable bonds is 13. The van der Waals surface area contributed by atoms with E-state index in [0.717, 1.165) is 10.7 Å². The lowest BCUT2D eigenvalue weighted by Gasteiger charge is -2.20. The van der Waals surface area contributed by atoms with E-state index >= 15 is 0 Å². The summed E-state index contributed by atoms with van der Waals surface area (Å²) in [4.78, 5) is 58.1. The molecule has 0 aromatic heterocycles. The lowest BCUT2D eigenvalue weighted by Crippen LogP contribution is -2.40. The van der Waals surface area contributed by atoms with E-state index in [2.05, 4.69) is 16.0 Å². The monoisotopic (exact) mass is 430 g/mol. The number of carbonyl (C=O) groups excluding carboxylic acids is 5. The molecule has 0 radical (unpaired) electrons. The second-order valence-electron chi connectivity index (χ2n) is 6.00. The summed E-state index contributed by atoms with van der Waals surface area (Å²) in [5, 5.41) is 8.29. The molecule has 1 rings (SSSR count). The van der Waals surface area contributed by atoms with Gasteiger partial charge in [-0.15, -0.1) is 23.5 Å². The Bertz CT molecular complexity index is 609. The van der Waals surface area contributed by atoms with Gasteiger partial charge in [0.25, 0.3) is 11.8 Å². The Hall–Kier alpha value is -2.01. The van der Waals surface area contributed by atoms with Crippen LogP contribution in [0.15, 0.2) is 12.2 Å². The maximum absolute atomic E-state index is 12.2. The molecule has 3 N–H and O–H groups in total. The summed E-state index contributed by atoms with van der Waals surface area (Å²) in [6.07, 6.45) is 3.10. The molecule has 0 bridgehead atoms. The highest BCUT2D eigenvalue weighted by Gasteiger charge is 2.24. The second kappa shape index (κ2) is 13.2. The van der Waals surface area contributed by atoms with Crippen molar-refractivity contribution in [3.8, 4) is 0 Å². The fourth-order valence-electron chi connectivity index (χ4n) is 2.17. The number of thioether (sulfide) groups is 2. The van der Waals surface area contributed by atoms with Crippen LogP contribution in [0.2, 0.25) is 0 Å². The topological polar surface area (TPSA) is 125 Å². The highest BCUT2D eigenvalue weighted by Crippen LogP contribution is 2.10. The van der Waals surface area contributed by atoms with Gasteiger partial charge in [0.2, 0.25) is 17.7 Å². The molecule has 9 nitrogen and oxygen atoms in total. The molecule has 1 atom stereocenters. The zero-order chi connectivity index (χ0) is 20.9. The van der Waals surface area contributed by atoms with Crippen LogP contribution < -0.4 is 16.0 Å². The van der Waals surface area contributed by atoms with E-state index in [1.54, 1.807) is 11.8 Å². The van der Waals surface area contributed by atoms with Crippen LogP contribution in [-0.2, 0) is 24.0 Å². The normalized spacial score (nSPS) is 14.1. The van der Waals surface area contributed by atoms with Crippen LogP contribution in [0.1, 0.15) is 26.7 Å². The summed E-state index contributed by atoms with van der Waals surface area (Å²) < 4.78 is 0. The fourth-order valence-corrected chi connectivity index (χ4v) is 4.02. The van der Waals surface area contributed by atoms with E-state index in [1.807, 2.05) is 0 Å². The lowest BCUT2D eigenvalue weighted by molar-refractivity contribution is -0.137. The first-order valence-electron chi connectivity index (χ1n) is 8.77. The maximum atomic E-state index is 12.2. The molecule has 0 aliphatic carbocycles. The van der Waals surface area contributed by atoms with Gasteiger partial charge in [-0.3, -0.25) is 28.9 Å². The van der Waals surface area contributed by atoms with Gasteiger partial charge >= 0.3 is 0 Å². The molecule has 1 heterocycles. The summed E-state index contributed by atoms with van der Waals surface area (Å²) in [6.45, 7) is 2.93. The van der Waals surface area contributed by atoms with E-state index in [1.165, 1.54) is 37.8 Å². The minimum absolute atomic E-state index is 0.0328. The molecule has 0 spiro atoms. The van der Waals surface area contributed by atoms with Gasteiger partial charge in [-0.2, -0.15) is 0 Å². The van der Waals surface area contributed by atoms with E-state index in [9.17, 15) is 24.0 Å². The number of amides is 5. The first kappa shape index (κ1) is 24.0. The Kier molecular flexibility index (Phi) is 11.3. The van der Waals surface area contributed by atoms with E-state index in [-0.39, 0.29) is 36.7 Å². The van der Waals surface area contributed by atoms with E-state index in [0.29, 0.717) is 23.9 Å². The summed E-state index contributed by atoms with van der Waals surface area (Å²) in [6, 6.07) is -0.126. The highest BCUT2D eigenvalue weighted by molar-refractivity contribution is 7.99. The standard InChI is InChI=1S/C17H26N4O5S2/c1-12(22)18-10-27-8-6-14(9-28-11-19-13(2)23)20-15(24)5-7-21-16(25)3-4-17(21)26/h3-4,14H,5-11H2,1-2H3,(H,18,22)(H,19,23)(H,20,24). The third-order valence-corrected chi connectivity index (χ3v) is 5.46. The van der Waals surface area contributed by atoms with Gasteiger partial charge in [-0.05, 0) is 12.2 Å². The first-order valence-corrected chi connectivity index (χ1v) is 11.1. The Labute approximate surface area is 172 Å². The van der Waals surface area contributed by atoms with Gasteiger partial charge in [-0.25, -0.2) is 0 Å². The lowest BCUT2D eigenvalue weighted by atomic mass is 10.2. The SMILES string of the molecule is CC(=O)NCSCCC(CSCNC(C)=O)NC(=O)CCN1C(=O)C=CC1=O. The molecular weight excluding hydrogens is 404 g/mol. The molecule has 156 valence electrons. The maximum Gasteiger partial charge on any atom is 0.253 e. The van der Waals surface area contributed by atoms with Crippen molar-refractivity contribution in [2.24, 2.45) is 0 Å². The Morgan fingerprint density at radius 3 is 2.14 bits per heavy atom. The summed E-state index contributed by atoms with van der Waals surface area (Å²) in [5.41, 5.74) is 0. The zero-order valence-corrected chi connectivity index (χ0v) is 17.6. The van der Waals surface area contributed by atoms with Gasteiger partial charge in [0, 0.05) is 50.8 Å². The molecular formula is C17H26N4O5S2. The summed E-state index contributed by atoms with van der Waals surface area (Å²) in [5.74, 6) is 1.02. The van der Waals surface area contributed by atoms with Crippen molar-refractivity contribution in [1.29, 1.82) is 0 Å². The Morgan fingerprint density at radius 1 is 1.00 bits per heavy atom. The number of nitrogens with zero attached hydrogens (tertiary/aromatic N) is 1. The van der Waals surface area contributed by atoms with E-state index in [4.69, 9.17) is 0 Å². The molecule has 0 fully saturated rings. The van der Waals surface area contributed by atoms with Crippen LogP contribution in [-0.4, -0.2) is 70.3 Å². The van der Waals surface area contributed by atoms with Crippen LogP contribution >= 0.6 is 23.5 Å². The zero-order valence-electron chi connectivity index (χ0n) is 16.0. The summed E-state index contributed by atoms with van der Waals surface area (Å²) in [7, 11) is 0. The van der Waals surface area contributed by atoms with Crippen LogP contribution in [0.3, 0.4) is 0 Å². The first-order chi connectivity index (χ1) is 13.3. The quantitative estimate of drug-likeness (QED) is 0.210. The van der Waals surface area contributed by atoms with Crippen molar-refractivity contribution >= 4 is 53.1 Å². The second-order valence-corrected chi connectivity index (χ2v) is 8.13. The van der Waals surface area contributed by atoms with Gasteiger partial charge in [0.05, 0.1) is 11.8 Å². The average Bonchev–Trinajstić information content (AvgIpc) is 2.93. The van der Waals surface area contributed by atoms with Gasteiger partial charge < -0.3 is 16.0 Å². The number of hydrogen-bond acceptors (Lipinski definition) is 7. The average molecular weight is 431 g/mol. The van der Waals surface area contributed by atoms with Crippen LogP contribution in [0, 0.1) is 0 Å². The number of nitrogens with one attached hydrogen (secondary N) is 3. The van der Waals surface area contributed by atoms with Crippen molar-refractivity contribution in [2.75, 3.05) is 29.8 Å². The van der Waals surface area contributed by atoms with Crippen molar-refractivity contribution in [1.82, 2.24) is 20.9 Å². The van der Waals surface area contributed by atoms with Crippen molar-refractivity contribution in [3.63, 3.8) is 0 Å². The van der Waals surface area contributed by atoms with Gasteiger partial charge in [0.15, 0.2) is 0 Å². The third kappa shape index (κ3) is 10.4. The molecule has 5 amide bonds. The van der Waals surface area contributed by atoms with Crippen LogP contribution in [0.25, 0.3) is 0 Å². The molecule has 1 unspecified atom stereocenters. The predicted molar refractivity (Wildman–Crippen MR) is 109 cm³/mol. The summed E-state index contributed by atoms with van der Waals surface area (Å²) >= 11 is 3.04. The smallest absolute Gasteiger partial charge is 0.253 e. The molecule has 0 aromatic rings. The largest absolute Gasteiger partial charge is 0.352 e. The molecule has 1 aliphatic rings. The number of carbonyl (C=O) groups is 5. The Balaban J connectivity index is 2.39. The third-order valence-electron chi connectivity index (χ3n) is 3.60. The molecule has 0 saturated heterocycles. The molecule has 0 aromatic carbocycles. The molecule has 11 heteroatoms.